The highest BCUT2D eigenvalue weighted by molar-refractivity contribution is 5.97. The summed E-state index contributed by atoms with van der Waals surface area (Å²) in [5.74, 6) is -1.07. The molecule has 3 rings (SSSR count). The topological polar surface area (TPSA) is 103 Å². The largest absolute Gasteiger partial charge is 0.480 e. The van der Waals surface area contributed by atoms with E-state index in [0.29, 0.717) is 24.3 Å². The van der Waals surface area contributed by atoms with E-state index >= 15 is 0 Å². The van der Waals surface area contributed by atoms with Gasteiger partial charge in [0.25, 0.3) is 11.8 Å². The maximum absolute atomic E-state index is 12.6. The van der Waals surface area contributed by atoms with Crippen LogP contribution >= 0.6 is 0 Å². The second-order valence-corrected chi connectivity index (χ2v) is 7.24. The van der Waals surface area contributed by atoms with Gasteiger partial charge in [-0.3, -0.25) is 9.59 Å². The number of nitrogens with one attached hydrogen (secondary N) is 1. The number of hydrogen-bond acceptors (Lipinski definition) is 6. The minimum Gasteiger partial charge on any atom is -0.480 e. The number of hydrogen-bond donors (Lipinski definition) is 1. The third kappa shape index (κ3) is 6.00. The summed E-state index contributed by atoms with van der Waals surface area (Å²) < 4.78 is 12.2. The number of rotatable bonds is 10. The number of benzene rings is 2. The van der Waals surface area contributed by atoms with Gasteiger partial charge < -0.3 is 19.7 Å². The summed E-state index contributed by atoms with van der Waals surface area (Å²) in [6.07, 6.45) is 1.53. The van der Waals surface area contributed by atoms with Crippen molar-refractivity contribution in [2.75, 3.05) is 31.6 Å². The maximum Gasteiger partial charge on any atom is 0.362 e. The summed E-state index contributed by atoms with van der Waals surface area (Å²) in [6, 6.07) is 15.9. The van der Waals surface area contributed by atoms with Crippen molar-refractivity contribution in [1.29, 1.82) is 0 Å². The quantitative estimate of drug-likeness (QED) is 0.461. The third-order valence-corrected chi connectivity index (χ3v) is 4.97. The number of anilines is 1. The third-order valence-electron chi connectivity index (χ3n) is 4.97. The van der Waals surface area contributed by atoms with Gasteiger partial charge >= 0.3 is 5.97 Å². The van der Waals surface area contributed by atoms with Gasteiger partial charge in [-0.15, -0.1) is 0 Å². The van der Waals surface area contributed by atoms with Gasteiger partial charge in [-0.25, -0.2) is 9.48 Å². The molecule has 1 aromatic heterocycles. The van der Waals surface area contributed by atoms with Crippen molar-refractivity contribution in [3.8, 4) is 11.4 Å². The molecule has 34 heavy (non-hydrogen) atoms. The average Bonchev–Trinajstić information content (AvgIpc) is 3.29. The van der Waals surface area contributed by atoms with Crippen molar-refractivity contribution < 1.29 is 23.9 Å². The van der Waals surface area contributed by atoms with Gasteiger partial charge in [-0.1, -0.05) is 24.3 Å². The van der Waals surface area contributed by atoms with Crippen LogP contribution in [0.1, 0.15) is 41.6 Å². The van der Waals surface area contributed by atoms with E-state index in [4.69, 9.17) is 9.47 Å². The van der Waals surface area contributed by atoms with Crippen LogP contribution in [0.15, 0.2) is 60.8 Å². The second kappa shape index (κ2) is 11.6. The van der Waals surface area contributed by atoms with Crippen LogP contribution in [0.3, 0.4) is 0 Å². The highest BCUT2D eigenvalue weighted by atomic mass is 16.5. The Labute approximate surface area is 198 Å². The molecular weight excluding hydrogens is 436 g/mol. The van der Waals surface area contributed by atoms with E-state index in [1.165, 1.54) is 10.9 Å². The molecule has 0 saturated carbocycles. The fraction of sp³-hybridized carbons (Fsp3) is 0.280. The van der Waals surface area contributed by atoms with Crippen molar-refractivity contribution in [3.05, 3.63) is 72.1 Å². The first kappa shape index (κ1) is 24.5. The number of esters is 1. The predicted molar refractivity (Wildman–Crippen MR) is 127 cm³/mol. The van der Waals surface area contributed by atoms with E-state index in [2.05, 4.69) is 10.4 Å². The van der Waals surface area contributed by atoms with Crippen LogP contribution in [0, 0.1) is 0 Å². The monoisotopic (exact) mass is 464 g/mol. The van der Waals surface area contributed by atoms with Crippen molar-refractivity contribution in [2.45, 2.75) is 20.8 Å². The van der Waals surface area contributed by atoms with E-state index in [1.807, 2.05) is 44.2 Å². The van der Waals surface area contributed by atoms with Gasteiger partial charge in [-0.2, -0.15) is 5.10 Å². The van der Waals surface area contributed by atoms with E-state index < -0.39 is 11.9 Å². The molecule has 9 heteroatoms. The lowest BCUT2D eigenvalue weighted by Crippen LogP contribution is -2.30. The summed E-state index contributed by atoms with van der Waals surface area (Å²) in [7, 11) is 0. The molecule has 1 heterocycles. The van der Waals surface area contributed by atoms with E-state index in [-0.39, 0.29) is 30.6 Å². The fourth-order valence-corrected chi connectivity index (χ4v) is 3.28. The van der Waals surface area contributed by atoms with Crippen molar-refractivity contribution in [1.82, 2.24) is 14.7 Å². The summed E-state index contributed by atoms with van der Waals surface area (Å²) in [6.45, 7) is 6.53. The first-order valence-corrected chi connectivity index (χ1v) is 11.1. The summed E-state index contributed by atoms with van der Waals surface area (Å²) in [4.78, 5) is 39.1. The van der Waals surface area contributed by atoms with Crippen LogP contribution in [-0.4, -0.2) is 58.8 Å². The molecule has 0 aliphatic heterocycles. The summed E-state index contributed by atoms with van der Waals surface area (Å²) in [5, 5.41) is 6.98. The number of carbonyl (C=O) groups excluding carboxylic acids is 3. The molecule has 0 aliphatic rings. The Hall–Kier alpha value is -4.14. The van der Waals surface area contributed by atoms with Crippen molar-refractivity contribution in [3.63, 3.8) is 0 Å². The zero-order valence-electron chi connectivity index (χ0n) is 19.5. The lowest BCUT2D eigenvalue weighted by molar-refractivity contribution is -0.118. The molecule has 0 bridgehead atoms. The highest BCUT2D eigenvalue weighted by Crippen LogP contribution is 2.21. The zero-order valence-corrected chi connectivity index (χ0v) is 19.5. The fourth-order valence-electron chi connectivity index (χ4n) is 3.28. The molecule has 0 fully saturated rings. The minimum absolute atomic E-state index is 0.0229. The first-order valence-electron chi connectivity index (χ1n) is 11.1. The Kier molecular flexibility index (Phi) is 8.39. The van der Waals surface area contributed by atoms with Crippen LogP contribution in [0.2, 0.25) is 0 Å². The SMILES string of the molecule is CCOC(=O)c1nn(-c2ccccc2)cc1OCC(=O)Nc1cccc(C(=O)N(CC)CC)c1. The molecule has 2 amide bonds. The van der Waals surface area contributed by atoms with Crippen LogP contribution in [0.25, 0.3) is 5.69 Å². The Morgan fingerprint density at radius 1 is 1.00 bits per heavy atom. The molecular formula is C25H28N4O5. The Balaban J connectivity index is 1.71. The van der Waals surface area contributed by atoms with Gasteiger partial charge in [0, 0.05) is 24.3 Å². The Morgan fingerprint density at radius 2 is 1.74 bits per heavy atom. The number of amides is 2. The van der Waals surface area contributed by atoms with E-state index in [0.717, 1.165) is 5.69 Å². The molecule has 0 saturated heterocycles. The van der Waals surface area contributed by atoms with Crippen LogP contribution in [-0.2, 0) is 9.53 Å². The lowest BCUT2D eigenvalue weighted by Gasteiger charge is -2.19. The molecule has 178 valence electrons. The number of para-hydroxylation sites is 1. The van der Waals surface area contributed by atoms with Gasteiger partial charge in [0.15, 0.2) is 12.4 Å². The molecule has 9 nitrogen and oxygen atoms in total. The van der Waals surface area contributed by atoms with E-state index in [1.54, 1.807) is 36.1 Å². The van der Waals surface area contributed by atoms with Crippen LogP contribution in [0.4, 0.5) is 5.69 Å². The highest BCUT2D eigenvalue weighted by Gasteiger charge is 2.21. The normalized spacial score (nSPS) is 10.4. The predicted octanol–water partition coefficient (Wildman–Crippen LogP) is 3.55. The number of ether oxygens (including phenoxy) is 2. The molecule has 0 aliphatic carbocycles. The van der Waals surface area contributed by atoms with Crippen LogP contribution in [0.5, 0.6) is 5.75 Å². The van der Waals surface area contributed by atoms with E-state index in [9.17, 15) is 14.4 Å². The molecule has 3 aromatic rings. The Morgan fingerprint density at radius 3 is 2.41 bits per heavy atom. The molecule has 0 atom stereocenters. The number of aromatic nitrogens is 2. The molecule has 1 N–H and O–H groups in total. The number of nitrogens with zero attached hydrogens (tertiary/aromatic N) is 3. The summed E-state index contributed by atoms with van der Waals surface area (Å²) in [5.41, 5.74) is 1.65. The van der Waals surface area contributed by atoms with Gasteiger partial charge in [-0.05, 0) is 51.1 Å². The Bertz CT molecular complexity index is 1140. The molecule has 0 unspecified atom stereocenters. The molecule has 2 aromatic carbocycles. The lowest BCUT2D eigenvalue weighted by atomic mass is 10.1. The maximum atomic E-state index is 12.6. The molecule has 0 radical (unpaired) electrons. The van der Waals surface area contributed by atoms with Gasteiger partial charge in [0.2, 0.25) is 5.69 Å². The van der Waals surface area contributed by atoms with Gasteiger partial charge in [0.1, 0.15) is 0 Å². The van der Waals surface area contributed by atoms with Gasteiger partial charge in [0.05, 0.1) is 18.5 Å². The van der Waals surface area contributed by atoms with Crippen molar-refractivity contribution >= 4 is 23.5 Å². The summed E-state index contributed by atoms with van der Waals surface area (Å²) >= 11 is 0. The second-order valence-electron chi connectivity index (χ2n) is 7.24. The first-order chi connectivity index (χ1) is 16.5. The zero-order chi connectivity index (χ0) is 24.5. The molecule has 0 spiro atoms. The minimum atomic E-state index is -0.643. The average molecular weight is 465 g/mol. The number of carbonyl (C=O) groups is 3. The van der Waals surface area contributed by atoms with Crippen LogP contribution < -0.4 is 10.1 Å². The van der Waals surface area contributed by atoms with Crippen molar-refractivity contribution in [2.24, 2.45) is 0 Å². The smallest absolute Gasteiger partial charge is 0.362 e. The standard InChI is InChI=1S/C25H28N4O5/c1-4-28(5-2)24(31)18-11-10-12-19(15-18)26-22(30)17-34-21-16-29(20-13-8-7-9-14-20)27-23(21)25(32)33-6-3/h7-16H,4-6,17H2,1-3H3,(H,26,30).